The van der Waals surface area contributed by atoms with E-state index in [1.54, 1.807) is 7.11 Å². The van der Waals surface area contributed by atoms with Crippen LogP contribution >= 0.6 is 11.3 Å². The lowest BCUT2D eigenvalue weighted by Crippen LogP contribution is -2.23. The van der Waals surface area contributed by atoms with Gasteiger partial charge in [-0.2, -0.15) is 0 Å². The number of methoxy groups -OCH3 is 1. The van der Waals surface area contributed by atoms with E-state index in [9.17, 15) is 4.79 Å². The molecule has 0 atom stereocenters. The number of carboxylic acid groups (broad SMARTS) is 1. The highest BCUT2D eigenvalue weighted by Gasteiger charge is 2.18. The lowest BCUT2D eigenvalue weighted by atomic mass is 10.3. The smallest absolute Gasteiger partial charge is 0.347 e. The fourth-order valence-corrected chi connectivity index (χ4v) is 2.74. The predicted molar refractivity (Wildman–Crippen MR) is 75.6 cm³/mol. The molecule has 1 heterocycles. The summed E-state index contributed by atoms with van der Waals surface area (Å²) < 4.78 is 5.00. The number of hydrogen-bond donors (Lipinski definition) is 1. The molecule has 0 saturated carbocycles. The number of carbonyl (C=O) groups is 1. The zero-order valence-corrected chi connectivity index (χ0v) is 12.6. The summed E-state index contributed by atoms with van der Waals surface area (Å²) in [7, 11) is 1.55. The van der Waals surface area contributed by atoms with Crippen LogP contribution in [0.25, 0.3) is 0 Å². The molecule has 0 aliphatic heterocycles. The number of nitrogens with zero attached hydrogens (tertiary/aromatic N) is 2. The van der Waals surface area contributed by atoms with Gasteiger partial charge in [-0.1, -0.05) is 20.3 Å². The molecule has 1 rings (SSSR count). The molecule has 0 aliphatic rings. The molecule has 1 N–H and O–H groups in total. The molecule has 0 unspecified atom stereocenters. The number of unbranched alkanes of at least 4 members (excludes halogenated alkanes) is 1. The molecule has 19 heavy (non-hydrogen) atoms. The minimum absolute atomic E-state index is 0.249. The van der Waals surface area contributed by atoms with E-state index in [0.29, 0.717) is 17.1 Å². The van der Waals surface area contributed by atoms with Crippen LogP contribution in [0.5, 0.6) is 0 Å². The molecule has 108 valence electrons. The highest BCUT2D eigenvalue weighted by Crippen LogP contribution is 2.21. The van der Waals surface area contributed by atoms with E-state index in [2.05, 4.69) is 23.7 Å². The van der Waals surface area contributed by atoms with Gasteiger partial charge >= 0.3 is 5.97 Å². The Labute approximate surface area is 118 Å². The number of carboxylic acids is 1. The molecule has 1 aromatic rings. The molecule has 0 aliphatic carbocycles. The van der Waals surface area contributed by atoms with Crippen LogP contribution < -0.4 is 0 Å². The quantitative estimate of drug-likeness (QED) is 0.756. The lowest BCUT2D eigenvalue weighted by Gasteiger charge is -2.18. The van der Waals surface area contributed by atoms with Gasteiger partial charge in [-0.15, -0.1) is 11.3 Å². The second-order valence-electron chi connectivity index (χ2n) is 4.34. The normalized spacial score (nSPS) is 11.2. The van der Waals surface area contributed by atoms with Crippen molar-refractivity contribution in [2.75, 3.05) is 20.2 Å². The predicted octanol–water partition coefficient (Wildman–Crippen LogP) is 2.61. The van der Waals surface area contributed by atoms with E-state index in [1.165, 1.54) is 11.3 Å². The van der Waals surface area contributed by atoms with Crippen LogP contribution in [-0.4, -0.2) is 41.2 Å². The largest absolute Gasteiger partial charge is 0.477 e. The molecule has 0 spiro atoms. The average molecular weight is 286 g/mol. The van der Waals surface area contributed by atoms with Gasteiger partial charge in [0.25, 0.3) is 0 Å². The van der Waals surface area contributed by atoms with E-state index >= 15 is 0 Å². The first-order valence-corrected chi connectivity index (χ1v) is 7.37. The molecule has 0 bridgehead atoms. The van der Waals surface area contributed by atoms with Crippen LogP contribution in [-0.2, 0) is 17.9 Å². The Morgan fingerprint density at radius 3 is 2.74 bits per heavy atom. The molecule has 1 aromatic heterocycles. The first-order chi connectivity index (χ1) is 9.12. The van der Waals surface area contributed by atoms with Crippen molar-refractivity contribution in [3.05, 3.63) is 15.6 Å². The van der Waals surface area contributed by atoms with Crippen LogP contribution in [0.2, 0.25) is 0 Å². The third kappa shape index (κ3) is 4.89. The molecular weight excluding hydrogens is 264 g/mol. The SMILES string of the molecule is CCCCN(CC)Cc1nc(COC)c(C(=O)O)s1. The van der Waals surface area contributed by atoms with Gasteiger partial charge in [0.1, 0.15) is 9.88 Å². The van der Waals surface area contributed by atoms with Crippen molar-refractivity contribution in [3.8, 4) is 0 Å². The monoisotopic (exact) mass is 286 g/mol. The molecule has 0 radical (unpaired) electrons. The summed E-state index contributed by atoms with van der Waals surface area (Å²) >= 11 is 1.25. The average Bonchev–Trinajstić information content (AvgIpc) is 2.78. The minimum Gasteiger partial charge on any atom is -0.477 e. The fourth-order valence-electron chi connectivity index (χ4n) is 1.79. The summed E-state index contributed by atoms with van der Waals surface area (Å²) in [5.41, 5.74) is 0.529. The van der Waals surface area contributed by atoms with Crippen LogP contribution in [0.15, 0.2) is 0 Å². The van der Waals surface area contributed by atoms with E-state index in [-0.39, 0.29) is 6.61 Å². The van der Waals surface area contributed by atoms with Crippen LogP contribution in [0.3, 0.4) is 0 Å². The van der Waals surface area contributed by atoms with Crippen molar-refractivity contribution in [3.63, 3.8) is 0 Å². The summed E-state index contributed by atoms with van der Waals surface area (Å²) in [6.07, 6.45) is 2.31. The van der Waals surface area contributed by atoms with Gasteiger partial charge in [0.05, 0.1) is 18.8 Å². The summed E-state index contributed by atoms with van der Waals surface area (Å²) in [6, 6.07) is 0. The second kappa shape index (κ2) is 8.24. The third-order valence-corrected chi connectivity index (χ3v) is 3.92. The van der Waals surface area contributed by atoms with Gasteiger partial charge in [-0.3, -0.25) is 4.90 Å². The highest BCUT2D eigenvalue weighted by molar-refractivity contribution is 7.13. The summed E-state index contributed by atoms with van der Waals surface area (Å²) in [5.74, 6) is -0.924. The Hall–Kier alpha value is -0.980. The summed E-state index contributed by atoms with van der Waals surface area (Å²) in [4.78, 5) is 18.1. The Kier molecular flexibility index (Phi) is 6.97. The molecular formula is C13H22N2O3S. The molecule has 0 aromatic carbocycles. The number of aromatic carboxylic acids is 1. The van der Waals surface area contributed by atoms with E-state index in [4.69, 9.17) is 9.84 Å². The molecule has 5 nitrogen and oxygen atoms in total. The van der Waals surface area contributed by atoms with Gasteiger partial charge in [0.2, 0.25) is 0 Å². The maximum absolute atomic E-state index is 11.1. The van der Waals surface area contributed by atoms with E-state index in [0.717, 1.165) is 30.9 Å². The summed E-state index contributed by atoms with van der Waals surface area (Å²) in [5, 5.41) is 9.99. The third-order valence-electron chi connectivity index (χ3n) is 2.85. The number of aromatic nitrogens is 1. The van der Waals surface area contributed by atoms with E-state index < -0.39 is 5.97 Å². The topological polar surface area (TPSA) is 62.7 Å². The standard InChI is InChI=1S/C13H22N2O3S/c1-4-6-7-15(5-2)8-11-14-10(9-18-3)12(19-11)13(16)17/h4-9H2,1-3H3,(H,16,17). The zero-order valence-electron chi connectivity index (χ0n) is 11.8. The van der Waals surface area contributed by atoms with Crippen molar-refractivity contribution in [1.82, 2.24) is 9.88 Å². The summed E-state index contributed by atoms with van der Waals surface area (Å²) in [6.45, 7) is 7.20. The highest BCUT2D eigenvalue weighted by atomic mass is 32.1. The fraction of sp³-hybridized carbons (Fsp3) is 0.692. The Bertz CT molecular complexity index is 407. The first kappa shape index (κ1) is 16.1. The Balaban J connectivity index is 2.77. The van der Waals surface area contributed by atoms with Crippen molar-refractivity contribution in [2.24, 2.45) is 0 Å². The molecule has 0 fully saturated rings. The second-order valence-corrected chi connectivity index (χ2v) is 5.43. The number of hydrogen-bond acceptors (Lipinski definition) is 5. The van der Waals surface area contributed by atoms with Crippen molar-refractivity contribution >= 4 is 17.3 Å². The van der Waals surface area contributed by atoms with Crippen molar-refractivity contribution < 1.29 is 14.6 Å². The number of thiazole rings is 1. The van der Waals surface area contributed by atoms with Crippen LogP contribution in [0, 0.1) is 0 Å². The first-order valence-electron chi connectivity index (χ1n) is 6.55. The number of rotatable bonds is 9. The van der Waals surface area contributed by atoms with Gasteiger partial charge in [0, 0.05) is 7.11 Å². The molecule has 0 saturated heterocycles. The van der Waals surface area contributed by atoms with Crippen LogP contribution in [0.1, 0.15) is 47.1 Å². The lowest BCUT2D eigenvalue weighted by molar-refractivity contribution is 0.0697. The van der Waals surface area contributed by atoms with Crippen molar-refractivity contribution in [1.29, 1.82) is 0 Å². The Morgan fingerprint density at radius 1 is 1.47 bits per heavy atom. The van der Waals surface area contributed by atoms with Crippen LogP contribution in [0.4, 0.5) is 0 Å². The maximum atomic E-state index is 11.1. The van der Waals surface area contributed by atoms with Gasteiger partial charge in [0.15, 0.2) is 0 Å². The zero-order chi connectivity index (χ0) is 14.3. The van der Waals surface area contributed by atoms with Gasteiger partial charge in [-0.25, -0.2) is 9.78 Å². The Morgan fingerprint density at radius 2 is 2.21 bits per heavy atom. The van der Waals surface area contributed by atoms with E-state index in [1.807, 2.05) is 0 Å². The molecule has 0 amide bonds. The molecule has 6 heteroatoms. The maximum Gasteiger partial charge on any atom is 0.347 e. The number of ether oxygens (including phenoxy) is 1. The van der Waals surface area contributed by atoms with Gasteiger partial charge < -0.3 is 9.84 Å². The van der Waals surface area contributed by atoms with Gasteiger partial charge in [-0.05, 0) is 19.5 Å². The van der Waals surface area contributed by atoms with Crippen molar-refractivity contribution in [2.45, 2.75) is 39.8 Å². The minimum atomic E-state index is -0.924.